The van der Waals surface area contributed by atoms with E-state index in [1.54, 1.807) is 4.68 Å². The molecule has 1 saturated heterocycles. The highest BCUT2D eigenvalue weighted by Gasteiger charge is 2.19. The molecule has 0 aliphatic carbocycles. The lowest BCUT2D eigenvalue weighted by Gasteiger charge is -2.37. The Morgan fingerprint density at radius 2 is 2.00 bits per heavy atom. The largest absolute Gasteiger partial charge is 0.368 e. The third-order valence-electron chi connectivity index (χ3n) is 3.69. The molecule has 2 heterocycles. The molecule has 1 N–H and O–H groups in total. The van der Waals surface area contributed by atoms with Crippen molar-refractivity contribution in [3.8, 4) is 0 Å². The van der Waals surface area contributed by atoms with Gasteiger partial charge in [0.1, 0.15) is 0 Å². The molecule has 0 unspecified atom stereocenters. The second-order valence-corrected chi connectivity index (χ2v) is 6.08. The monoisotopic (exact) mass is 335 g/mol. The summed E-state index contributed by atoms with van der Waals surface area (Å²) in [6, 6.07) is 9.88. The number of aryl methyl sites for hydroxylation is 1. The van der Waals surface area contributed by atoms with Gasteiger partial charge in [0.05, 0.1) is 0 Å². The van der Waals surface area contributed by atoms with Gasteiger partial charge in [-0.3, -0.25) is 4.68 Å². The molecule has 0 radical (unpaired) electrons. The van der Waals surface area contributed by atoms with Crippen LogP contribution in [0.15, 0.2) is 36.5 Å². The first kappa shape index (κ1) is 15.1. The van der Waals surface area contributed by atoms with E-state index in [4.69, 9.17) is 23.8 Å². The summed E-state index contributed by atoms with van der Waals surface area (Å²) in [6.07, 6.45) is 1.89. The number of aromatic nitrogens is 2. The molecule has 0 amide bonds. The van der Waals surface area contributed by atoms with E-state index in [1.807, 2.05) is 37.5 Å². The average Bonchev–Trinajstić information content (AvgIpc) is 2.92. The second kappa shape index (κ2) is 6.54. The molecule has 7 heteroatoms. The third kappa shape index (κ3) is 3.51. The molecular weight excluding hydrogens is 318 g/mol. The molecule has 0 saturated carbocycles. The van der Waals surface area contributed by atoms with Gasteiger partial charge in [-0.1, -0.05) is 17.7 Å². The Bertz CT molecular complexity index is 663. The van der Waals surface area contributed by atoms with Crippen LogP contribution in [0.5, 0.6) is 0 Å². The Morgan fingerprint density at radius 1 is 1.23 bits per heavy atom. The molecule has 0 atom stereocenters. The smallest absolute Gasteiger partial charge is 0.174 e. The minimum atomic E-state index is 0.726. The third-order valence-corrected chi connectivity index (χ3v) is 4.28. The predicted molar refractivity (Wildman–Crippen MR) is 94.7 cm³/mol. The van der Waals surface area contributed by atoms with Crippen LogP contribution in [-0.2, 0) is 7.05 Å². The first-order valence-electron chi connectivity index (χ1n) is 7.18. The summed E-state index contributed by atoms with van der Waals surface area (Å²) in [4.78, 5) is 4.50. The lowest BCUT2D eigenvalue weighted by atomic mass is 10.2. The van der Waals surface area contributed by atoms with E-state index in [1.165, 1.54) is 0 Å². The van der Waals surface area contributed by atoms with Crippen molar-refractivity contribution in [2.24, 2.45) is 7.05 Å². The first-order chi connectivity index (χ1) is 10.6. The van der Waals surface area contributed by atoms with E-state index in [0.717, 1.165) is 47.8 Å². The molecule has 1 fully saturated rings. The molecule has 0 bridgehead atoms. The van der Waals surface area contributed by atoms with Crippen molar-refractivity contribution in [3.05, 3.63) is 41.6 Å². The zero-order valence-electron chi connectivity index (χ0n) is 12.4. The number of thiocarbonyl (C=S) groups is 1. The van der Waals surface area contributed by atoms with Crippen LogP contribution in [0.4, 0.5) is 11.5 Å². The summed E-state index contributed by atoms with van der Waals surface area (Å²) in [7, 11) is 1.89. The fraction of sp³-hybridized carbons (Fsp3) is 0.333. The van der Waals surface area contributed by atoms with Crippen LogP contribution in [0.25, 0.3) is 0 Å². The van der Waals surface area contributed by atoms with E-state index < -0.39 is 0 Å². The Morgan fingerprint density at radius 3 is 2.64 bits per heavy atom. The van der Waals surface area contributed by atoms with Gasteiger partial charge in [-0.05, 0) is 30.4 Å². The summed E-state index contributed by atoms with van der Waals surface area (Å²) in [6.45, 7) is 3.60. The highest BCUT2D eigenvalue weighted by molar-refractivity contribution is 7.80. The van der Waals surface area contributed by atoms with Crippen molar-refractivity contribution in [1.82, 2.24) is 14.7 Å². The molecule has 1 aromatic heterocycles. The van der Waals surface area contributed by atoms with Crippen LogP contribution in [0.1, 0.15) is 0 Å². The molecule has 1 aromatic carbocycles. The van der Waals surface area contributed by atoms with E-state index in [-0.39, 0.29) is 0 Å². The lowest BCUT2D eigenvalue weighted by molar-refractivity contribution is 0.391. The number of halogens is 1. The number of anilines is 2. The van der Waals surface area contributed by atoms with Crippen LogP contribution < -0.4 is 10.2 Å². The molecule has 2 aromatic rings. The molecule has 116 valence electrons. The van der Waals surface area contributed by atoms with Crippen LogP contribution in [0, 0.1) is 0 Å². The van der Waals surface area contributed by atoms with Gasteiger partial charge >= 0.3 is 0 Å². The van der Waals surface area contributed by atoms with Crippen molar-refractivity contribution < 1.29 is 0 Å². The van der Waals surface area contributed by atoms with Crippen LogP contribution >= 0.6 is 23.8 Å². The van der Waals surface area contributed by atoms with Crippen LogP contribution in [0.2, 0.25) is 5.02 Å². The van der Waals surface area contributed by atoms with Gasteiger partial charge in [0.2, 0.25) is 0 Å². The fourth-order valence-electron chi connectivity index (χ4n) is 2.51. The second-order valence-electron chi connectivity index (χ2n) is 5.26. The van der Waals surface area contributed by atoms with Gasteiger partial charge in [0.15, 0.2) is 10.9 Å². The Balaban J connectivity index is 1.56. The number of nitrogens with one attached hydrogen (secondary N) is 1. The number of hydrogen-bond donors (Lipinski definition) is 1. The normalized spacial score (nSPS) is 15.0. The van der Waals surface area contributed by atoms with E-state index in [9.17, 15) is 0 Å². The molecule has 5 nitrogen and oxygen atoms in total. The van der Waals surface area contributed by atoms with Crippen LogP contribution in [-0.4, -0.2) is 46.0 Å². The standard InChI is InChI=1S/C15H18ClN5S/c1-19-6-5-14(18-19)17-15(22)21-9-7-20(8-10-21)13-4-2-3-12(16)11-13/h2-6,11H,7-10H2,1H3,(H,17,18,22). The maximum atomic E-state index is 6.06. The number of rotatable bonds is 2. The number of piperazine rings is 1. The van der Waals surface area contributed by atoms with Gasteiger partial charge in [0, 0.05) is 56.2 Å². The van der Waals surface area contributed by atoms with Crippen molar-refractivity contribution >= 4 is 40.4 Å². The van der Waals surface area contributed by atoms with Gasteiger partial charge < -0.3 is 15.1 Å². The molecular formula is C15H18ClN5S. The molecule has 1 aliphatic rings. The lowest BCUT2D eigenvalue weighted by Crippen LogP contribution is -2.50. The van der Waals surface area contributed by atoms with E-state index >= 15 is 0 Å². The van der Waals surface area contributed by atoms with E-state index in [0.29, 0.717) is 0 Å². The summed E-state index contributed by atoms with van der Waals surface area (Å²) >= 11 is 11.5. The van der Waals surface area contributed by atoms with Gasteiger partial charge in [-0.15, -0.1) is 0 Å². The maximum absolute atomic E-state index is 6.06. The minimum Gasteiger partial charge on any atom is -0.368 e. The number of nitrogens with zero attached hydrogens (tertiary/aromatic N) is 4. The Kier molecular flexibility index (Phi) is 4.49. The Labute approximate surface area is 140 Å². The average molecular weight is 336 g/mol. The molecule has 22 heavy (non-hydrogen) atoms. The molecule has 0 spiro atoms. The summed E-state index contributed by atoms with van der Waals surface area (Å²) < 4.78 is 1.75. The number of benzene rings is 1. The first-order valence-corrected chi connectivity index (χ1v) is 7.96. The van der Waals surface area contributed by atoms with E-state index in [2.05, 4.69) is 26.3 Å². The van der Waals surface area contributed by atoms with Crippen LogP contribution in [0.3, 0.4) is 0 Å². The highest BCUT2D eigenvalue weighted by Crippen LogP contribution is 2.21. The Hall–Kier alpha value is -1.79. The van der Waals surface area contributed by atoms with Crippen molar-refractivity contribution in [2.45, 2.75) is 0 Å². The van der Waals surface area contributed by atoms with Crippen molar-refractivity contribution in [3.63, 3.8) is 0 Å². The van der Waals surface area contributed by atoms with Crippen molar-refractivity contribution in [1.29, 1.82) is 0 Å². The highest BCUT2D eigenvalue weighted by atomic mass is 35.5. The van der Waals surface area contributed by atoms with Gasteiger partial charge in [-0.25, -0.2) is 0 Å². The molecule has 1 aliphatic heterocycles. The predicted octanol–water partition coefficient (Wildman–Crippen LogP) is 2.59. The summed E-state index contributed by atoms with van der Waals surface area (Å²) in [5, 5.41) is 8.96. The SMILES string of the molecule is Cn1ccc(NC(=S)N2CCN(c3cccc(Cl)c3)CC2)n1. The summed E-state index contributed by atoms with van der Waals surface area (Å²) in [5.74, 6) is 0.782. The topological polar surface area (TPSA) is 36.3 Å². The van der Waals surface area contributed by atoms with Gasteiger partial charge in [-0.2, -0.15) is 5.10 Å². The van der Waals surface area contributed by atoms with Gasteiger partial charge in [0.25, 0.3) is 0 Å². The molecule has 3 rings (SSSR count). The van der Waals surface area contributed by atoms with Crippen molar-refractivity contribution in [2.75, 3.05) is 36.4 Å². The quantitative estimate of drug-likeness (QED) is 0.854. The number of hydrogen-bond acceptors (Lipinski definition) is 3. The zero-order valence-corrected chi connectivity index (χ0v) is 13.9. The minimum absolute atomic E-state index is 0.726. The zero-order chi connectivity index (χ0) is 15.5. The fourth-order valence-corrected chi connectivity index (χ4v) is 2.98. The summed E-state index contributed by atoms with van der Waals surface area (Å²) in [5.41, 5.74) is 1.16. The maximum Gasteiger partial charge on any atom is 0.174 e.